The van der Waals surface area contributed by atoms with Gasteiger partial charge < -0.3 is 14.8 Å². The molecule has 5 nitrogen and oxygen atoms in total. The molecule has 0 saturated heterocycles. The van der Waals surface area contributed by atoms with Crippen LogP contribution in [0.25, 0.3) is 0 Å². The van der Waals surface area contributed by atoms with Crippen molar-refractivity contribution in [2.45, 2.75) is 51.7 Å². The number of aryl methyl sites for hydroxylation is 1. The van der Waals surface area contributed by atoms with E-state index in [9.17, 15) is 9.59 Å². The number of hydrogen-bond acceptors (Lipinski definition) is 4. The van der Waals surface area contributed by atoms with Crippen molar-refractivity contribution in [3.05, 3.63) is 34.9 Å². The molecule has 0 bridgehead atoms. The highest BCUT2D eigenvalue weighted by atomic mass is 16.6. The van der Waals surface area contributed by atoms with Gasteiger partial charge in [0.15, 0.2) is 0 Å². The van der Waals surface area contributed by atoms with Gasteiger partial charge in [-0.2, -0.15) is 0 Å². The number of carbonyl (C=O) groups excluding carboxylic acids is 2. The zero-order chi connectivity index (χ0) is 16.3. The molecule has 1 amide bonds. The lowest BCUT2D eigenvalue weighted by molar-refractivity contribution is 0.0498. The summed E-state index contributed by atoms with van der Waals surface area (Å²) in [6, 6.07) is 5.62. The molecule has 0 heterocycles. The fraction of sp³-hybridized carbons (Fsp3) is 0.529. The molecule has 0 saturated carbocycles. The number of esters is 1. The molecule has 120 valence electrons. The van der Waals surface area contributed by atoms with E-state index in [4.69, 9.17) is 9.47 Å². The summed E-state index contributed by atoms with van der Waals surface area (Å²) in [7, 11) is 1.37. The average Bonchev–Trinajstić information content (AvgIpc) is 2.43. The van der Waals surface area contributed by atoms with E-state index < -0.39 is 11.7 Å². The van der Waals surface area contributed by atoms with Gasteiger partial charge in [0.2, 0.25) is 0 Å². The van der Waals surface area contributed by atoms with Gasteiger partial charge in [0.1, 0.15) is 5.60 Å². The van der Waals surface area contributed by atoms with E-state index in [2.05, 4.69) is 5.32 Å². The molecule has 1 N–H and O–H groups in total. The second kappa shape index (κ2) is 6.38. The van der Waals surface area contributed by atoms with Crippen LogP contribution < -0.4 is 5.32 Å². The first-order chi connectivity index (χ1) is 10.3. The molecular formula is C17H23NO4. The first-order valence-electron chi connectivity index (χ1n) is 7.48. The van der Waals surface area contributed by atoms with Crippen molar-refractivity contribution in [2.75, 3.05) is 7.11 Å². The summed E-state index contributed by atoms with van der Waals surface area (Å²) < 4.78 is 10.0. The lowest BCUT2D eigenvalue weighted by atomic mass is 9.87. The summed E-state index contributed by atoms with van der Waals surface area (Å²) in [5.74, 6) is -0.343. The van der Waals surface area contributed by atoms with Crippen LogP contribution in [0.3, 0.4) is 0 Å². The van der Waals surface area contributed by atoms with Crippen molar-refractivity contribution < 1.29 is 19.1 Å². The van der Waals surface area contributed by atoms with Crippen LogP contribution in [0.1, 0.15) is 48.7 Å². The third kappa shape index (κ3) is 4.23. The highest BCUT2D eigenvalue weighted by molar-refractivity contribution is 5.89. The highest BCUT2D eigenvalue weighted by Gasteiger charge is 2.24. The van der Waals surface area contributed by atoms with Crippen LogP contribution in [-0.2, 0) is 22.3 Å². The van der Waals surface area contributed by atoms with Crippen LogP contribution in [-0.4, -0.2) is 30.8 Å². The first-order valence-corrected chi connectivity index (χ1v) is 7.48. The molecule has 0 radical (unpaired) electrons. The van der Waals surface area contributed by atoms with Gasteiger partial charge in [0, 0.05) is 6.04 Å². The maximum atomic E-state index is 11.9. The van der Waals surface area contributed by atoms with E-state index in [1.54, 1.807) is 6.07 Å². The topological polar surface area (TPSA) is 64.6 Å². The number of nitrogens with one attached hydrogen (secondary N) is 1. The maximum absolute atomic E-state index is 11.9. The van der Waals surface area contributed by atoms with Gasteiger partial charge in [-0.3, -0.25) is 0 Å². The van der Waals surface area contributed by atoms with E-state index in [1.165, 1.54) is 12.7 Å². The van der Waals surface area contributed by atoms with Gasteiger partial charge in [-0.15, -0.1) is 0 Å². The first kappa shape index (κ1) is 16.3. The third-order valence-electron chi connectivity index (χ3n) is 3.58. The SMILES string of the molecule is COC(=O)c1ccc2c(c1)C[C@@H](NC(=O)OC(C)(C)C)CC2. The Morgan fingerprint density at radius 2 is 1.95 bits per heavy atom. The lowest BCUT2D eigenvalue weighted by Crippen LogP contribution is -2.41. The van der Waals surface area contributed by atoms with Crippen LogP contribution in [0.15, 0.2) is 18.2 Å². The molecule has 0 spiro atoms. The van der Waals surface area contributed by atoms with Crippen LogP contribution in [0.5, 0.6) is 0 Å². The van der Waals surface area contributed by atoms with E-state index >= 15 is 0 Å². The molecule has 2 rings (SSSR count). The molecule has 0 fully saturated rings. The van der Waals surface area contributed by atoms with Gasteiger partial charge in [-0.25, -0.2) is 9.59 Å². The Morgan fingerprint density at radius 1 is 1.23 bits per heavy atom. The second-order valence-corrected chi connectivity index (χ2v) is 6.56. The average molecular weight is 305 g/mol. The van der Waals surface area contributed by atoms with Crippen LogP contribution >= 0.6 is 0 Å². The summed E-state index contributed by atoms with van der Waals surface area (Å²) >= 11 is 0. The fourth-order valence-corrected chi connectivity index (χ4v) is 2.60. The summed E-state index contributed by atoms with van der Waals surface area (Å²) in [6.45, 7) is 5.52. The van der Waals surface area contributed by atoms with E-state index in [0.717, 1.165) is 18.4 Å². The molecule has 0 aliphatic heterocycles. The largest absolute Gasteiger partial charge is 0.465 e. The Bertz CT molecular complexity index is 575. The lowest BCUT2D eigenvalue weighted by Gasteiger charge is -2.27. The normalized spacial score (nSPS) is 17.4. The third-order valence-corrected chi connectivity index (χ3v) is 3.58. The molecule has 22 heavy (non-hydrogen) atoms. The minimum absolute atomic E-state index is 0.0234. The fourth-order valence-electron chi connectivity index (χ4n) is 2.60. The Balaban J connectivity index is 2.04. The predicted octanol–water partition coefficient (Wildman–Crippen LogP) is 2.86. The summed E-state index contributed by atoms with van der Waals surface area (Å²) in [5, 5.41) is 2.90. The van der Waals surface area contributed by atoms with Gasteiger partial charge in [0.25, 0.3) is 0 Å². The van der Waals surface area contributed by atoms with E-state index in [1.807, 2.05) is 32.9 Å². The molecule has 0 aromatic heterocycles. The molecule has 1 aliphatic rings. The summed E-state index contributed by atoms with van der Waals surface area (Å²) in [5.41, 5.74) is 2.33. The number of fused-ring (bicyclic) bond motifs is 1. The highest BCUT2D eigenvalue weighted by Crippen LogP contribution is 2.23. The summed E-state index contributed by atoms with van der Waals surface area (Å²) in [6.07, 6.45) is 2.03. The number of carbonyl (C=O) groups is 2. The molecule has 1 aromatic carbocycles. The summed E-state index contributed by atoms with van der Waals surface area (Å²) in [4.78, 5) is 23.5. The smallest absolute Gasteiger partial charge is 0.407 e. The number of methoxy groups -OCH3 is 1. The second-order valence-electron chi connectivity index (χ2n) is 6.56. The van der Waals surface area contributed by atoms with Crippen LogP contribution in [0.2, 0.25) is 0 Å². The van der Waals surface area contributed by atoms with Crippen molar-refractivity contribution in [3.63, 3.8) is 0 Å². The Kier molecular flexibility index (Phi) is 4.74. The van der Waals surface area contributed by atoms with Crippen molar-refractivity contribution in [1.82, 2.24) is 5.32 Å². The zero-order valence-corrected chi connectivity index (χ0v) is 13.6. The van der Waals surface area contributed by atoms with Crippen molar-refractivity contribution in [3.8, 4) is 0 Å². The maximum Gasteiger partial charge on any atom is 0.407 e. The van der Waals surface area contributed by atoms with Crippen LogP contribution in [0, 0.1) is 0 Å². The monoisotopic (exact) mass is 305 g/mol. The van der Waals surface area contributed by atoms with Crippen molar-refractivity contribution in [1.29, 1.82) is 0 Å². The predicted molar refractivity (Wildman–Crippen MR) is 83.0 cm³/mol. The molecule has 1 aromatic rings. The molecule has 5 heteroatoms. The molecule has 1 atom stereocenters. The van der Waals surface area contributed by atoms with Gasteiger partial charge >= 0.3 is 12.1 Å². The van der Waals surface area contributed by atoms with E-state index in [-0.39, 0.29) is 12.0 Å². The van der Waals surface area contributed by atoms with Gasteiger partial charge in [0.05, 0.1) is 12.7 Å². The van der Waals surface area contributed by atoms with E-state index in [0.29, 0.717) is 12.0 Å². The van der Waals surface area contributed by atoms with Crippen LogP contribution in [0.4, 0.5) is 4.79 Å². The van der Waals surface area contributed by atoms with Crippen molar-refractivity contribution >= 4 is 12.1 Å². The Labute approximate surface area is 131 Å². The van der Waals surface area contributed by atoms with Crippen molar-refractivity contribution in [2.24, 2.45) is 0 Å². The number of benzene rings is 1. The van der Waals surface area contributed by atoms with Gasteiger partial charge in [-0.05, 0) is 63.3 Å². The number of amides is 1. The number of alkyl carbamates (subject to hydrolysis) is 1. The Morgan fingerprint density at radius 3 is 2.59 bits per heavy atom. The minimum atomic E-state index is -0.505. The zero-order valence-electron chi connectivity index (χ0n) is 13.6. The number of rotatable bonds is 2. The molecular weight excluding hydrogens is 282 g/mol. The Hall–Kier alpha value is -2.04. The minimum Gasteiger partial charge on any atom is -0.465 e. The number of ether oxygens (including phenoxy) is 2. The number of hydrogen-bond donors (Lipinski definition) is 1. The quantitative estimate of drug-likeness (QED) is 0.853. The van der Waals surface area contributed by atoms with Gasteiger partial charge in [-0.1, -0.05) is 6.07 Å². The standard InChI is InChI=1S/C17H23NO4/c1-17(2,3)22-16(20)18-14-8-7-11-5-6-12(15(19)21-4)9-13(11)10-14/h5-6,9,14H,7-8,10H2,1-4H3,(H,18,20)/t14-/m0/s1. The molecule has 1 aliphatic carbocycles. The molecule has 0 unspecified atom stereocenters.